The molecule has 9 heteroatoms. The number of fused-ring (bicyclic) bond motifs is 2. The monoisotopic (exact) mass is 366 g/mol. The number of anilines is 2. The normalized spacial score (nSPS) is 28.2. The standard InChI is InChI=1S/C18H19N7O2/c1-18(2)13-4-3-11(7-14(13)21-16(18)27)20-17-22-15-8-19-5-6-25(15,23-17)24-9-12(26)10-24/h3-8,12,26H,9-10H2,1-2H3,(H-,20,21,23,27)/p+1. The molecule has 4 heterocycles. The largest absolute Gasteiger partial charge is 0.390 e. The topological polar surface area (TPSA) is 102 Å². The van der Waals surface area contributed by atoms with Crippen LogP contribution < -0.4 is 10.6 Å². The summed E-state index contributed by atoms with van der Waals surface area (Å²) in [5, 5.41) is 22.5. The quantitative estimate of drug-likeness (QED) is 0.679. The number of amidine groups is 1. The fourth-order valence-electron chi connectivity index (χ4n) is 3.70. The molecular formula is C18H20N7O2+. The van der Waals surface area contributed by atoms with Gasteiger partial charge in [0.1, 0.15) is 6.21 Å². The van der Waals surface area contributed by atoms with Gasteiger partial charge in [-0.3, -0.25) is 9.79 Å². The summed E-state index contributed by atoms with van der Waals surface area (Å²) in [4.78, 5) is 20.8. The maximum Gasteiger partial charge on any atom is 0.301 e. The summed E-state index contributed by atoms with van der Waals surface area (Å²) < 4.78 is 0.0810. The SMILES string of the molecule is CC1(C)C(=O)Nc2cc(NC3=N[N+]4(N5CC(O)C5)C=CN=CC4=N3)ccc21. The predicted molar refractivity (Wildman–Crippen MR) is 102 cm³/mol. The number of carbonyl (C=O) groups excluding carboxylic acids is 1. The van der Waals surface area contributed by atoms with E-state index >= 15 is 0 Å². The molecule has 4 aliphatic rings. The van der Waals surface area contributed by atoms with Crippen LogP contribution in [0.25, 0.3) is 0 Å². The second-order valence-electron chi connectivity index (χ2n) is 7.61. The van der Waals surface area contributed by atoms with E-state index in [0.29, 0.717) is 24.9 Å². The molecule has 1 unspecified atom stereocenters. The molecule has 1 amide bonds. The number of guanidine groups is 1. The summed E-state index contributed by atoms with van der Waals surface area (Å²) in [6.45, 7) is 4.86. The highest BCUT2D eigenvalue weighted by Gasteiger charge is 2.51. The van der Waals surface area contributed by atoms with Gasteiger partial charge in [0.25, 0.3) is 5.96 Å². The summed E-state index contributed by atoms with van der Waals surface area (Å²) in [5.74, 6) is 1.11. The van der Waals surface area contributed by atoms with Crippen molar-refractivity contribution in [2.75, 3.05) is 23.7 Å². The third-order valence-corrected chi connectivity index (χ3v) is 5.39. The highest BCUT2D eigenvalue weighted by Crippen LogP contribution is 2.38. The number of carbonyl (C=O) groups is 1. The van der Waals surface area contributed by atoms with Gasteiger partial charge in [-0.15, -0.1) is 10.0 Å². The second-order valence-corrected chi connectivity index (χ2v) is 7.61. The Kier molecular flexibility index (Phi) is 3.21. The van der Waals surface area contributed by atoms with Crippen LogP contribution in [0.2, 0.25) is 0 Å². The van der Waals surface area contributed by atoms with Crippen molar-refractivity contribution in [2.45, 2.75) is 25.4 Å². The zero-order valence-electron chi connectivity index (χ0n) is 15.0. The van der Waals surface area contributed by atoms with Crippen molar-refractivity contribution in [2.24, 2.45) is 15.1 Å². The first-order valence-corrected chi connectivity index (χ1v) is 8.84. The van der Waals surface area contributed by atoms with Gasteiger partial charge in [0.2, 0.25) is 5.91 Å². The number of aliphatic imine (C=N–C) groups is 2. The van der Waals surface area contributed by atoms with Gasteiger partial charge in [-0.25, -0.2) is 0 Å². The van der Waals surface area contributed by atoms with Crippen LogP contribution in [0.4, 0.5) is 11.4 Å². The number of rotatable bonds is 2. The van der Waals surface area contributed by atoms with E-state index in [9.17, 15) is 9.90 Å². The molecule has 27 heavy (non-hydrogen) atoms. The van der Waals surface area contributed by atoms with Crippen molar-refractivity contribution in [3.63, 3.8) is 0 Å². The Morgan fingerprint density at radius 3 is 2.96 bits per heavy atom. The Hall–Kier alpha value is -2.88. The van der Waals surface area contributed by atoms with Crippen LogP contribution in [-0.2, 0) is 10.2 Å². The van der Waals surface area contributed by atoms with E-state index < -0.39 is 5.41 Å². The maximum atomic E-state index is 12.1. The Bertz CT molecular complexity index is 972. The van der Waals surface area contributed by atoms with Gasteiger partial charge in [-0.05, 0) is 41.3 Å². The zero-order chi connectivity index (χ0) is 18.8. The molecule has 0 radical (unpaired) electrons. The average molecular weight is 366 g/mol. The van der Waals surface area contributed by atoms with E-state index in [1.165, 1.54) is 0 Å². The molecule has 138 valence electrons. The lowest BCUT2D eigenvalue weighted by Crippen LogP contribution is -2.66. The Morgan fingerprint density at radius 2 is 2.19 bits per heavy atom. The van der Waals surface area contributed by atoms with E-state index in [0.717, 1.165) is 16.9 Å². The summed E-state index contributed by atoms with van der Waals surface area (Å²) in [5.41, 5.74) is 2.03. The summed E-state index contributed by atoms with van der Waals surface area (Å²) >= 11 is 0. The van der Waals surface area contributed by atoms with E-state index in [2.05, 4.69) is 20.6 Å². The van der Waals surface area contributed by atoms with E-state index in [1.54, 1.807) is 12.4 Å². The molecule has 5 rings (SSSR count). The van der Waals surface area contributed by atoms with Crippen molar-refractivity contribution in [1.29, 1.82) is 0 Å². The lowest BCUT2D eigenvalue weighted by atomic mass is 9.86. The molecule has 0 saturated carbocycles. The van der Waals surface area contributed by atoms with Crippen molar-refractivity contribution < 1.29 is 14.6 Å². The number of β-amino-alcohol motifs (C(OH)–C–C–N with tert-alkyl or cyclic N) is 1. The number of nitrogens with zero attached hydrogens (tertiary/aromatic N) is 5. The van der Waals surface area contributed by atoms with Gasteiger partial charge in [0, 0.05) is 11.4 Å². The van der Waals surface area contributed by atoms with Crippen LogP contribution in [0.15, 0.2) is 45.7 Å². The van der Waals surface area contributed by atoms with Gasteiger partial charge in [-0.1, -0.05) is 6.07 Å². The molecular weight excluding hydrogens is 346 g/mol. The molecule has 0 aliphatic carbocycles. The number of amides is 1. The first kappa shape index (κ1) is 16.3. The van der Waals surface area contributed by atoms with E-state index in [1.807, 2.05) is 43.3 Å². The number of aliphatic hydroxyl groups excluding tert-OH is 1. The smallest absolute Gasteiger partial charge is 0.301 e. The predicted octanol–water partition coefficient (Wildman–Crippen LogP) is 0.975. The lowest BCUT2D eigenvalue weighted by molar-refractivity contribution is -0.927. The highest BCUT2D eigenvalue weighted by atomic mass is 16.3. The van der Waals surface area contributed by atoms with E-state index in [4.69, 9.17) is 5.10 Å². The highest BCUT2D eigenvalue weighted by molar-refractivity contribution is 6.30. The number of nitrogens with one attached hydrogen (secondary N) is 2. The van der Waals surface area contributed by atoms with Crippen LogP contribution in [0.1, 0.15) is 19.4 Å². The van der Waals surface area contributed by atoms with Crippen molar-refractivity contribution in [1.82, 2.24) is 5.01 Å². The molecule has 3 N–H and O–H groups in total. The van der Waals surface area contributed by atoms with Crippen LogP contribution in [0, 0.1) is 0 Å². The fourth-order valence-corrected chi connectivity index (χ4v) is 3.70. The van der Waals surface area contributed by atoms with Crippen LogP contribution >= 0.6 is 0 Å². The Morgan fingerprint density at radius 1 is 1.37 bits per heavy atom. The van der Waals surface area contributed by atoms with Crippen molar-refractivity contribution in [3.05, 3.63) is 36.2 Å². The molecule has 1 aromatic rings. The van der Waals surface area contributed by atoms with Gasteiger partial charge >= 0.3 is 5.84 Å². The minimum atomic E-state index is -0.533. The third-order valence-electron chi connectivity index (χ3n) is 5.39. The molecule has 0 aromatic heterocycles. The molecule has 1 aromatic carbocycles. The first-order valence-electron chi connectivity index (χ1n) is 8.84. The fraction of sp³-hybridized carbons (Fsp3) is 0.333. The third kappa shape index (κ3) is 2.29. The van der Waals surface area contributed by atoms with Gasteiger partial charge in [-0.2, -0.15) is 0 Å². The van der Waals surface area contributed by atoms with Crippen LogP contribution in [0.3, 0.4) is 0 Å². The molecule has 0 spiro atoms. The van der Waals surface area contributed by atoms with Crippen LogP contribution in [-0.4, -0.2) is 57.9 Å². The van der Waals surface area contributed by atoms with Gasteiger partial charge in [0.05, 0.1) is 30.8 Å². The Balaban J connectivity index is 1.44. The number of quaternary nitrogens is 1. The second kappa shape index (κ2) is 5.32. The molecule has 1 fully saturated rings. The minimum Gasteiger partial charge on any atom is -0.390 e. The van der Waals surface area contributed by atoms with Crippen LogP contribution in [0.5, 0.6) is 0 Å². The Labute approximate surface area is 156 Å². The van der Waals surface area contributed by atoms with Gasteiger partial charge < -0.3 is 15.7 Å². The number of hydrogen-bond acceptors (Lipinski definition) is 7. The zero-order valence-corrected chi connectivity index (χ0v) is 15.0. The summed E-state index contributed by atoms with van der Waals surface area (Å²) in [7, 11) is 0. The molecule has 4 aliphatic heterocycles. The summed E-state index contributed by atoms with van der Waals surface area (Å²) in [6.07, 6.45) is 4.85. The van der Waals surface area contributed by atoms with E-state index in [-0.39, 0.29) is 16.7 Å². The average Bonchev–Trinajstić information content (AvgIpc) is 3.07. The summed E-state index contributed by atoms with van der Waals surface area (Å²) in [6, 6.07) is 5.76. The van der Waals surface area contributed by atoms with Crippen molar-refractivity contribution >= 4 is 35.3 Å². The molecule has 1 saturated heterocycles. The number of benzene rings is 1. The molecule has 1 atom stereocenters. The van der Waals surface area contributed by atoms with Crippen molar-refractivity contribution in [3.8, 4) is 0 Å². The molecule has 9 nitrogen and oxygen atoms in total. The maximum absolute atomic E-state index is 12.1. The first-order chi connectivity index (χ1) is 12.9. The lowest BCUT2D eigenvalue weighted by Gasteiger charge is -2.42. The number of hydrogen-bond donors (Lipinski definition) is 3. The van der Waals surface area contributed by atoms with Gasteiger partial charge in [0.15, 0.2) is 6.20 Å². The number of aliphatic hydroxyl groups is 1. The molecule has 0 bridgehead atoms. The minimum absolute atomic E-state index is 0.00701.